The number of rotatable bonds is 11. The number of carbonyl (C=O) groups excluding carboxylic acids is 1. The molecule has 3 rings (SSSR count). The number of unbranched alkanes of at least 4 members (excludes halogenated alkanes) is 4. The summed E-state index contributed by atoms with van der Waals surface area (Å²) in [6.45, 7) is 5.71. The molecule has 1 aromatic carbocycles. The van der Waals surface area contributed by atoms with Gasteiger partial charge in [-0.2, -0.15) is 0 Å². The van der Waals surface area contributed by atoms with Gasteiger partial charge < -0.3 is 14.2 Å². The first kappa shape index (κ1) is 24.3. The van der Waals surface area contributed by atoms with Crippen LogP contribution in [0.1, 0.15) is 113 Å². The number of esters is 1. The van der Waals surface area contributed by atoms with E-state index in [1.807, 2.05) is 24.3 Å². The van der Waals surface area contributed by atoms with Crippen LogP contribution in [0.4, 0.5) is 0 Å². The van der Waals surface area contributed by atoms with Crippen molar-refractivity contribution in [3.63, 3.8) is 0 Å². The maximum atomic E-state index is 12.6. The standard InChI is InChI=1S/C27H42O4/c1-3-5-7-9-21-11-17-24(18-12-21)31-27(28)23-15-13-22(14-16-23)26-20-29-25(19-30-26)10-8-6-4-2/h13-16,21,24-26H,3-12,17-20H2,1-2H3/t21?,24?,25-,26-/m0/s1. The number of hydrogen-bond donors (Lipinski definition) is 0. The second-order valence-corrected chi connectivity index (χ2v) is 9.44. The summed E-state index contributed by atoms with van der Waals surface area (Å²) in [6, 6.07) is 7.69. The molecular formula is C27H42O4. The molecule has 4 heteroatoms. The minimum atomic E-state index is -0.196. The van der Waals surface area contributed by atoms with Crippen molar-refractivity contribution in [3.8, 4) is 0 Å². The number of carbonyl (C=O) groups is 1. The van der Waals surface area contributed by atoms with Gasteiger partial charge in [0.25, 0.3) is 0 Å². The molecule has 0 spiro atoms. The molecule has 0 aromatic heterocycles. The SMILES string of the molecule is CCCCCC1CCC(OC(=O)c2ccc([C@@H]3CO[C@@H](CCCCC)CO3)cc2)CC1. The Kier molecular flexibility index (Phi) is 10.3. The highest BCUT2D eigenvalue weighted by atomic mass is 16.6. The first-order valence-corrected chi connectivity index (χ1v) is 12.7. The lowest BCUT2D eigenvalue weighted by Gasteiger charge is -2.30. The van der Waals surface area contributed by atoms with Crippen LogP contribution in [-0.2, 0) is 14.2 Å². The van der Waals surface area contributed by atoms with Crippen LogP contribution in [0.3, 0.4) is 0 Å². The molecule has 1 aromatic rings. The lowest BCUT2D eigenvalue weighted by atomic mass is 9.84. The third-order valence-electron chi connectivity index (χ3n) is 6.90. The first-order chi connectivity index (χ1) is 15.2. The average molecular weight is 431 g/mol. The molecule has 2 atom stereocenters. The molecule has 0 radical (unpaired) electrons. The molecule has 0 bridgehead atoms. The summed E-state index contributed by atoms with van der Waals surface area (Å²) in [5.41, 5.74) is 1.69. The Morgan fingerprint density at radius 3 is 2.16 bits per heavy atom. The lowest BCUT2D eigenvalue weighted by molar-refractivity contribution is -0.137. The van der Waals surface area contributed by atoms with E-state index >= 15 is 0 Å². The monoisotopic (exact) mass is 430 g/mol. The van der Waals surface area contributed by atoms with Gasteiger partial charge in [-0.3, -0.25) is 0 Å². The summed E-state index contributed by atoms with van der Waals surface area (Å²) in [6.07, 6.45) is 14.7. The fraction of sp³-hybridized carbons (Fsp3) is 0.741. The maximum absolute atomic E-state index is 12.6. The molecule has 1 saturated heterocycles. The maximum Gasteiger partial charge on any atom is 0.338 e. The highest BCUT2D eigenvalue weighted by Crippen LogP contribution is 2.31. The van der Waals surface area contributed by atoms with E-state index in [0.29, 0.717) is 18.8 Å². The topological polar surface area (TPSA) is 44.8 Å². The molecule has 0 amide bonds. The zero-order valence-electron chi connectivity index (χ0n) is 19.7. The van der Waals surface area contributed by atoms with Crippen molar-refractivity contribution >= 4 is 5.97 Å². The normalized spacial score (nSPS) is 26.5. The summed E-state index contributed by atoms with van der Waals surface area (Å²) in [7, 11) is 0. The van der Waals surface area contributed by atoms with Gasteiger partial charge in [-0.1, -0.05) is 70.9 Å². The predicted octanol–water partition coefficient (Wildman–Crippen LogP) is 7.02. The smallest absolute Gasteiger partial charge is 0.338 e. The van der Waals surface area contributed by atoms with Crippen LogP contribution >= 0.6 is 0 Å². The van der Waals surface area contributed by atoms with Crippen LogP contribution in [-0.4, -0.2) is 31.4 Å². The minimum absolute atomic E-state index is 0.0459. The van der Waals surface area contributed by atoms with Gasteiger partial charge in [0.1, 0.15) is 12.2 Å². The Morgan fingerprint density at radius 2 is 1.55 bits per heavy atom. The zero-order chi connectivity index (χ0) is 21.9. The van der Waals surface area contributed by atoms with Crippen molar-refractivity contribution in [1.82, 2.24) is 0 Å². The van der Waals surface area contributed by atoms with Gasteiger partial charge in [-0.25, -0.2) is 4.79 Å². The molecule has 2 fully saturated rings. The van der Waals surface area contributed by atoms with Gasteiger partial charge in [-0.15, -0.1) is 0 Å². The van der Waals surface area contributed by atoms with Gasteiger partial charge in [0.15, 0.2) is 0 Å². The Bertz CT molecular complexity index is 625. The zero-order valence-corrected chi connectivity index (χ0v) is 19.7. The number of hydrogen-bond acceptors (Lipinski definition) is 4. The summed E-state index contributed by atoms with van der Waals surface area (Å²) >= 11 is 0. The van der Waals surface area contributed by atoms with Gasteiger partial charge in [-0.05, 0) is 55.7 Å². The largest absolute Gasteiger partial charge is 0.459 e. The van der Waals surface area contributed by atoms with E-state index in [4.69, 9.17) is 14.2 Å². The predicted molar refractivity (Wildman–Crippen MR) is 124 cm³/mol. The van der Waals surface area contributed by atoms with E-state index in [2.05, 4.69) is 13.8 Å². The molecule has 2 aliphatic rings. The Morgan fingerprint density at radius 1 is 0.871 bits per heavy atom. The molecule has 174 valence electrons. The molecular weight excluding hydrogens is 388 g/mol. The van der Waals surface area contributed by atoms with E-state index in [-0.39, 0.29) is 24.3 Å². The highest BCUT2D eigenvalue weighted by Gasteiger charge is 2.25. The molecule has 1 aliphatic heterocycles. The van der Waals surface area contributed by atoms with E-state index in [1.165, 1.54) is 57.8 Å². The fourth-order valence-electron chi connectivity index (χ4n) is 4.80. The molecule has 0 N–H and O–H groups in total. The van der Waals surface area contributed by atoms with E-state index < -0.39 is 0 Å². The Balaban J connectivity index is 1.39. The number of benzene rings is 1. The first-order valence-electron chi connectivity index (χ1n) is 12.7. The van der Waals surface area contributed by atoms with Crippen LogP contribution in [0, 0.1) is 5.92 Å². The van der Waals surface area contributed by atoms with Crippen molar-refractivity contribution in [3.05, 3.63) is 35.4 Å². The van der Waals surface area contributed by atoms with Crippen LogP contribution in [0.25, 0.3) is 0 Å². The summed E-state index contributed by atoms with van der Waals surface area (Å²) in [5.74, 6) is 0.627. The van der Waals surface area contributed by atoms with Crippen molar-refractivity contribution < 1.29 is 19.0 Å². The van der Waals surface area contributed by atoms with Crippen LogP contribution < -0.4 is 0 Å². The third kappa shape index (κ3) is 7.91. The van der Waals surface area contributed by atoms with Gasteiger partial charge >= 0.3 is 5.97 Å². The van der Waals surface area contributed by atoms with Crippen LogP contribution in [0.5, 0.6) is 0 Å². The van der Waals surface area contributed by atoms with Crippen molar-refractivity contribution in [2.45, 2.75) is 109 Å². The van der Waals surface area contributed by atoms with Crippen LogP contribution in [0.2, 0.25) is 0 Å². The second kappa shape index (κ2) is 13.2. The van der Waals surface area contributed by atoms with E-state index in [0.717, 1.165) is 30.7 Å². The Labute approximate surface area is 189 Å². The molecule has 31 heavy (non-hydrogen) atoms. The van der Waals surface area contributed by atoms with E-state index in [1.54, 1.807) is 0 Å². The van der Waals surface area contributed by atoms with Gasteiger partial charge in [0, 0.05) is 0 Å². The third-order valence-corrected chi connectivity index (χ3v) is 6.90. The molecule has 1 heterocycles. The summed E-state index contributed by atoms with van der Waals surface area (Å²) < 4.78 is 17.8. The van der Waals surface area contributed by atoms with E-state index in [9.17, 15) is 4.79 Å². The van der Waals surface area contributed by atoms with Crippen molar-refractivity contribution in [2.24, 2.45) is 5.92 Å². The quantitative estimate of drug-likeness (QED) is 0.279. The molecule has 1 saturated carbocycles. The Hall–Kier alpha value is -1.39. The number of ether oxygens (including phenoxy) is 3. The fourth-order valence-corrected chi connectivity index (χ4v) is 4.80. The van der Waals surface area contributed by atoms with Gasteiger partial charge in [0.05, 0.1) is 24.9 Å². The lowest BCUT2D eigenvalue weighted by Crippen LogP contribution is -2.31. The van der Waals surface area contributed by atoms with Gasteiger partial charge in [0.2, 0.25) is 0 Å². The highest BCUT2D eigenvalue weighted by molar-refractivity contribution is 5.89. The summed E-state index contributed by atoms with van der Waals surface area (Å²) in [4.78, 5) is 12.6. The summed E-state index contributed by atoms with van der Waals surface area (Å²) in [5, 5.41) is 0. The van der Waals surface area contributed by atoms with Crippen LogP contribution in [0.15, 0.2) is 24.3 Å². The molecule has 1 aliphatic carbocycles. The van der Waals surface area contributed by atoms with Crippen molar-refractivity contribution in [2.75, 3.05) is 13.2 Å². The minimum Gasteiger partial charge on any atom is -0.459 e. The molecule has 0 unspecified atom stereocenters. The van der Waals surface area contributed by atoms with Crippen molar-refractivity contribution in [1.29, 1.82) is 0 Å². The second-order valence-electron chi connectivity index (χ2n) is 9.44. The average Bonchev–Trinajstić information content (AvgIpc) is 2.81. The molecule has 4 nitrogen and oxygen atoms in total.